The molecule has 3 rings (SSSR count). The summed E-state index contributed by atoms with van der Waals surface area (Å²) in [6.07, 6.45) is 5.56. The predicted octanol–water partition coefficient (Wildman–Crippen LogP) is 1.64. The normalized spacial score (nSPS) is 24.4. The van der Waals surface area contributed by atoms with Gasteiger partial charge in [-0.3, -0.25) is 9.69 Å². The van der Waals surface area contributed by atoms with Gasteiger partial charge in [-0.2, -0.15) is 0 Å². The number of benzene rings is 1. The standard InChI is InChI=1S/C18H27N3O/c19-17(13-15-7-2-1-3-8-15)18(22)21-12-6-9-16(14-21)20-10-4-5-11-20/h1-3,7-8,16-17H,4-6,9-14,19H2. The number of hydrogen-bond donors (Lipinski definition) is 1. The summed E-state index contributed by atoms with van der Waals surface area (Å²) < 4.78 is 0. The van der Waals surface area contributed by atoms with Crippen LogP contribution in [0.3, 0.4) is 0 Å². The van der Waals surface area contributed by atoms with Gasteiger partial charge in [0.2, 0.25) is 5.91 Å². The van der Waals surface area contributed by atoms with Gasteiger partial charge in [0, 0.05) is 19.1 Å². The Balaban J connectivity index is 1.56. The van der Waals surface area contributed by atoms with Gasteiger partial charge in [-0.25, -0.2) is 0 Å². The molecule has 2 heterocycles. The van der Waals surface area contributed by atoms with Crippen LogP contribution >= 0.6 is 0 Å². The van der Waals surface area contributed by atoms with Crippen LogP contribution in [0.25, 0.3) is 0 Å². The minimum absolute atomic E-state index is 0.118. The van der Waals surface area contributed by atoms with Crippen molar-refractivity contribution in [3.63, 3.8) is 0 Å². The predicted molar refractivity (Wildman–Crippen MR) is 88.5 cm³/mol. The Hall–Kier alpha value is -1.39. The molecule has 0 saturated carbocycles. The summed E-state index contributed by atoms with van der Waals surface area (Å²) in [6, 6.07) is 10.2. The fraction of sp³-hybridized carbons (Fsp3) is 0.611. The molecule has 0 aromatic heterocycles. The Morgan fingerprint density at radius 2 is 1.86 bits per heavy atom. The number of amides is 1. The lowest BCUT2D eigenvalue weighted by molar-refractivity contribution is -0.134. The molecule has 2 N–H and O–H groups in total. The summed E-state index contributed by atoms with van der Waals surface area (Å²) in [5.41, 5.74) is 7.31. The molecule has 1 aromatic rings. The molecule has 120 valence electrons. The molecule has 0 spiro atoms. The Labute approximate surface area is 133 Å². The molecule has 2 aliphatic heterocycles. The maximum atomic E-state index is 12.6. The summed E-state index contributed by atoms with van der Waals surface area (Å²) in [6.45, 7) is 4.12. The van der Waals surface area contributed by atoms with E-state index in [1.54, 1.807) is 0 Å². The monoisotopic (exact) mass is 301 g/mol. The van der Waals surface area contributed by atoms with E-state index >= 15 is 0 Å². The van der Waals surface area contributed by atoms with Crippen LogP contribution in [0.4, 0.5) is 0 Å². The molecule has 0 radical (unpaired) electrons. The van der Waals surface area contributed by atoms with E-state index in [2.05, 4.69) is 4.90 Å². The maximum Gasteiger partial charge on any atom is 0.239 e. The van der Waals surface area contributed by atoms with Gasteiger partial charge in [-0.15, -0.1) is 0 Å². The average molecular weight is 301 g/mol. The van der Waals surface area contributed by atoms with Gasteiger partial charge < -0.3 is 10.6 Å². The van der Waals surface area contributed by atoms with Crippen molar-refractivity contribution in [1.82, 2.24) is 9.80 Å². The van der Waals surface area contributed by atoms with Crippen LogP contribution in [0, 0.1) is 0 Å². The lowest BCUT2D eigenvalue weighted by Gasteiger charge is -2.38. The zero-order valence-corrected chi connectivity index (χ0v) is 13.3. The first-order valence-electron chi connectivity index (χ1n) is 8.56. The Morgan fingerprint density at radius 3 is 2.59 bits per heavy atom. The first-order chi connectivity index (χ1) is 10.7. The molecular weight excluding hydrogens is 274 g/mol. The number of likely N-dealkylation sites (tertiary alicyclic amines) is 2. The molecule has 1 aromatic carbocycles. The molecule has 0 bridgehead atoms. The first kappa shape index (κ1) is 15.5. The fourth-order valence-electron chi connectivity index (χ4n) is 3.75. The van der Waals surface area contributed by atoms with E-state index in [1.165, 1.54) is 32.4 Å². The van der Waals surface area contributed by atoms with E-state index in [-0.39, 0.29) is 5.91 Å². The average Bonchev–Trinajstić information content (AvgIpc) is 3.10. The van der Waals surface area contributed by atoms with E-state index in [4.69, 9.17) is 5.73 Å². The van der Waals surface area contributed by atoms with Gasteiger partial charge >= 0.3 is 0 Å². The molecule has 0 aliphatic carbocycles. The highest BCUT2D eigenvalue weighted by atomic mass is 16.2. The van der Waals surface area contributed by atoms with Crippen LogP contribution in [-0.4, -0.2) is 54.0 Å². The van der Waals surface area contributed by atoms with Crippen molar-refractivity contribution < 1.29 is 4.79 Å². The molecule has 2 unspecified atom stereocenters. The van der Waals surface area contributed by atoms with E-state index < -0.39 is 6.04 Å². The van der Waals surface area contributed by atoms with E-state index in [0.29, 0.717) is 12.5 Å². The SMILES string of the molecule is NC(Cc1ccccc1)C(=O)N1CCCC(N2CCCC2)C1. The quantitative estimate of drug-likeness (QED) is 0.920. The largest absolute Gasteiger partial charge is 0.340 e. The Kier molecular flexibility index (Phi) is 5.11. The number of nitrogens with zero attached hydrogens (tertiary/aromatic N) is 2. The van der Waals surface area contributed by atoms with Crippen LogP contribution in [-0.2, 0) is 11.2 Å². The minimum atomic E-state index is -0.417. The zero-order valence-electron chi connectivity index (χ0n) is 13.3. The third-order valence-corrected chi connectivity index (χ3v) is 4.98. The highest BCUT2D eigenvalue weighted by molar-refractivity contribution is 5.82. The number of hydrogen-bond acceptors (Lipinski definition) is 3. The van der Waals surface area contributed by atoms with E-state index in [1.807, 2.05) is 35.2 Å². The molecule has 2 fully saturated rings. The van der Waals surface area contributed by atoms with Crippen LogP contribution in [0.2, 0.25) is 0 Å². The lowest BCUT2D eigenvalue weighted by Crippen LogP contribution is -2.53. The first-order valence-corrected chi connectivity index (χ1v) is 8.56. The molecule has 4 nitrogen and oxygen atoms in total. The number of nitrogens with two attached hydrogens (primary N) is 1. The molecule has 4 heteroatoms. The fourth-order valence-corrected chi connectivity index (χ4v) is 3.75. The number of carbonyl (C=O) groups is 1. The third kappa shape index (κ3) is 3.68. The lowest BCUT2D eigenvalue weighted by atomic mass is 10.0. The van der Waals surface area contributed by atoms with Crippen LogP contribution in [0.5, 0.6) is 0 Å². The highest BCUT2D eigenvalue weighted by Crippen LogP contribution is 2.21. The maximum absolute atomic E-state index is 12.6. The Morgan fingerprint density at radius 1 is 1.14 bits per heavy atom. The summed E-state index contributed by atoms with van der Waals surface area (Å²) in [5.74, 6) is 0.118. The van der Waals surface area contributed by atoms with Crippen molar-refractivity contribution in [2.24, 2.45) is 5.73 Å². The van der Waals surface area contributed by atoms with Gasteiger partial charge in [0.15, 0.2) is 0 Å². The van der Waals surface area contributed by atoms with Crippen molar-refractivity contribution >= 4 is 5.91 Å². The van der Waals surface area contributed by atoms with Crippen molar-refractivity contribution in [2.75, 3.05) is 26.2 Å². The van der Waals surface area contributed by atoms with Crippen molar-refractivity contribution in [2.45, 2.75) is 44.2 Å². The third-order valence-electron chi connectivity index (χ3n) is 4.98. The second kappa shape index (κ2) is 7.25. The van der Waals surface area contributed by atoms with E-state index in [9.17, 15) is 4.79 Å². The van der Waals surface area contributed by atoms with Crippen LogP contribution < -0.4 is 5.73 Å². The molecule has 2 aliphatic rings. The van der Waals surface area contributed by atoms with Crippen molar-refractivity contribution in [3.8, 4) is 0 Å². The van der Waals surface area contributed by atoms with Gasteiger partial charge in [0.25, 0.3) is 0 Å². The molecule has 2 saturated heterocycles. The summed E-state index contributed by atoms with van der Waals surface area (Å²) >= 11 is 0. The number of carbonyl (C=O) groups excluding carboxylic acids is 1. The minimum Gasteiger partial charge on any atom is -0.340 e. The molecule has 2 atom stereocenters. The summed E-state index contributed by atoms with van der Waals surface area (Å²) in [4.78, 5) is 17.2. The Bertz CT molecular complexity index is 484. The number of rotatable bonds is 4. The number of piperidine rings is 1. The van der Waals surface area contributed by atoms with Crippen molar-refractivity contribution in [3.05, 3.63) is 35.9 Å². The molecule has 1 amide bonds. The van der Waals surface area contributed by atoms with Gasteiger partial charge in [-0.1, -0.05) is 30.3 Å². The van der Waals surface area contributed by atoms with E-state index in [0.717, 1.165) is 25.1 Å². The molecule has 22 heavy (non-hydrogen) atoms. The summed E-state index contributed by atoms with van der Waals surface area (Å²) in [7, 11) is 0. The van der Waals surface area contributed by atoms with Crippen molar-refractivity contribution in [1.29, 1.82) is 0 Å². The van der Waals surface area contributed by atoms with Crippen LogP contribution in [0.1, 0.15) is 31.2 Å². The topological polar surface area (TPSA) is 49.6 Å². The van der Waals surface area contributed by atoms with Gasteiger partial charge in [0.1, 0.15) is 0 Å². The second-order valence-corrected chi connectivity index (χ2v) is 6.62. The van der Waals surface area contributed by atoms with Crippen LogP contribution in [0.15, 0.2) is 30.3 Å². The molecular formula is C18H27N3O. The summed E-state index contributed by atoms with van der Waals surface area (Å²) in [5, 5.41) is 0. The smallest absolute Gasteiger partial charge is 0.239 e. The zero-order chi connectivity index (χ0) is 15.4. The highest BCUT2D eigenvalue weighted by Gasteiger charge is 2.31. The van der Waals surface area contributed by atoms with Gasteiger partial charge in [0.05, 0.1) is 6.04 Å². The second-order valence-electron chi connectivity index (χ2n) is 6.62. The van der Waals surface area contributed by atoms with Gasteiger partial charge in [-0.05, 0) is 50.8 Å².